The standard InChI is InChI=1S/C23H23N3O2/c1-4-6-9-15(5-2)24-21-20(22(27)25-23(21)28)19-16-10-7-8-11-17(16)26-13-14(3)12-18(19)26/h4-11,14H,2,12-13H2,1,3H3,(H2,24,25,27,28)/b6-4-,15-9+. The van der Waals surface area contributed by atoms with Gasteiger partial charge in [0.1, 0.15) is 5.70 Å². The lowest BCUT2D eigenvalue weighted by Gasteiger charge is -2.09. The zero-order valence-corrected chi connectivity index (χ0v) is 16.1. The van der Waals surface area contributed by atoms with Crippen molar-refractivity contribution in [3.63, 3.8) is 0 Å². The number of fused-ring (bicyclic) bond motifs is 3. The van der Waals surface area contributed by atoms with Crippen LogP contribution < -0.4 is 10.6 Å². The maximum atomic E-state index is 12.8. The van der Waals surface area contributed by atoms with Crippen LogP contribution >= 0.6 is 0 Å². The highest BCUT2D eigenvalue weighted by Gasteiger charge is 2.37. The topological polar surface area (TPSA) is 63.1 Å². The number of hydrogen-bond donors (Lipinski definition) is 2. The quantitative estimate of drug-likeness (QED) is 0.623. The Morgan fingerprint density at radius 2 is 2.07 bits per heavy atom. The number of allylic oxidation sites excluding steroid dienone is 4. The van der Waals surface area contributed by atoms with Gasteiger partial charge in [0.25, 0.3) is 11.8 Å². The normalized spacial score (nSPS) is 19.6. The highest BCUT2D eigenvalue weighted by molar-refractivity contribution is 6.37. The Hall–Kier alpha value is -3.34. The van der Waals surface area contributed by atoms with E-state index < -0.39 is 5.91 Å². The van der Waals surface area contributed by atoms with Crippen molar-refractivity contribution in [1.82, 2.24) is 15.2 Å². The summed E-state index contributed by atoms with van der Waals surface area (Å²) in [5.41, 5.74) is 4.43. The second-order valence-corrected chi connectivity index (χ2v) is 7.27. The molecule has 0 saturated heterocycles. The van der Waals surface area contributed by atoms with E-state index in [-0.39, 0.29) is 11.6 Å². The summed E-state index contributed by atoms with van der Waals surface area (Å²) in [5, 5.41) is 6.57. The summed E-state index contributed by atoms with van der Waals surface area (Å²) in [5.74, 6) is -0.280. The van der Waals surface area contributed by atoms with E-state index >= 15 is 0 Å². The molecule has 2 N–H and O–H groups in total. The second kappa shape index (κ2) is 7.00. The van der Waals surface area contributed by atoms with Gasteiger partial charge in [-0.15, -0.1) is 0 Å². The van der Waals surface area contributed by atoms with Gasteiger partial charge < -0.3 is 9.88 Å². The number of amides is 2. The molecular formula is C23H23N3O2. The SMILES string of the molecule is C=C/C(=C\C=C/C)NC1=C(c2c3n(c4ccccc24)CC(C)C3)C(=O)NC1=O. The minimum atomic E-state index is -0.414. The first-order valence-electron chi connectivity index (χ1n) is 9.48. The number of carbonyl (C=O) groups excluding carboxylic acids is 2. The summed E-state index contributed by atoms with van der Waals surface area (Å²) in [6, 6.07) is 8.06. The number of imide groups is 1. The number of para-hydroxylation sites is 1. The number of nitrogens with zero attached hydrogens (tertiary/aromatic N) is 1. The van der Waals surface area contributed by atoms with Crippen LogP contribution in [0, 0.1) is 5.92 Å². The summed E-state index contributed by atoms with van der Waals surface area (Å²) in [7, 11) is 0. The fourth-order valence-corrected chi connectivity index (χ4v) is 4.08. The Bertz CT molecular complexity index is 1100. The van der Waals surface area contributed by atoms with Gasteiger partial charge in [0, 0.05) is 34.4 Å². The first kappa shape index (κ1) is 18.0. The molecule has 3 heterocycles. The molecule has 5 nitrogen and oxygen atoms in total. The number of carbonyl (C=O) groups is 2. The number of aromatic nitrogens is 1. The Morgan fingerprint density at radius 3 is 2.82 bits per heavy atom. The zero-order chi connectivity index (χ0) is 19.8. The first-order valence-corrected chi connectivity index (χ1v) is 9.48. The molecule has 1 unspecified atom stereocenters. The molecule has 0 bridgehead atoms. The third kappa shape index (κ3) is 2.80. The number of hydrogen-bond acceptors (Lipinski definition) is 3. The molecule has 28 heavy (non-hydrogen) atoms. The van der Waals surface area contributed by atoms with Gasteiger partial charge in [-0.1, -0.05) is 43.9 Å². The summed E-state index contributed by atoms with van der Waals surface area (Å²) in [6.45, 7) is 8.83. The van der Waals surface area contributed by atoms with Gasteiger partial charge in [-0.25, -0.2) is 0 Å². The van der Waals surface area contributed by atoms with E-state index in [9.17, 15) is 9.59 Å². The third-order valence-electron chi connectivity index (χ3n) is 5.25. The molecule has 2 aliphatic rings. The summed E-state index contributed by atoms with van der Waals surface area (Å²) >= 11 is 0. The van der Waals surface area contributed by atoms with Crippen molar-refractivity contribution in [3.05, 3.63) is 77.8 Å². The molecule has 1 atom stereocenters. The molecule has 0 spiro atoms. The predicted molar refractivity (Wildman–Crippen MR) is 111 cm³/mol. The van der Waals surface area contributed by atoms with Crippen LogP contribution in [0.1, 0.15) is 25.1 Å². The summed E-state index contributed by atoms with van der Waals surface area (Å²) in [4.78, 5) is 25.4. The Kier molecular flexibility index (Phi) is 4.51. The number of rotatable bonds is 5. The van der Waals surface area contributed by atoms with Crippen molar-refractivity contribution in [2.75, 3.05) is 0 Å². The predicted octanol–water partition coefficient (Wildman–Crippen LogP) is 3.44. The molecular weight excluding hydrogens is 350 g/mol. The smallest absolute Gasteiger partial charge is 0.275 e. The molecule has 2 amide bonds. The van der Waals surface area contributed by atoms with Crippen LogP contribution in [0.3, 0.4) is 0 Å². The fraction of sp³-hybridized carbons (Fsp3) is 0.217. The van der Waals surface area contributed by atoms with Gasteiger partial charge in [0.05, 0.1) is 5.57 Å². The average molecular weight is 373 g/mol. The summed E-state index contributed by atoms with van der Waals surface area (Å²) in [6.07, 6.45) is 8.07. The molecule has 0 radical (unpaired) electrons. The van der Waals surface area contributed by atoms with Crippen molar-refractivity contribution in [2.24, 2.45) is 5.92 Å². The van der Waals surface area contributed by atoms with Crippen LogP contribution in [0.15, 0.2) is 66.5 Å². The van der Waals surface area contributed by atoms with Crippen LogP contribution in [0.25, 0.3) is 16.5 Å². The van der Waals surface area contributed by atoms with Gasteiger partial charge in [-0.2, -0.15) is 0 Å². The minimum Gasteiger partial charge on any atom is -0.350 e. The van der Waals surface area contributed by atoms with E-state index in [1.165, 1.54) is 0 Å². The number of benzene rings is 1. The van der Waals surface area contributed by atoms with Crippen LogP contribution in [0.4, 0.5) is 0 Å². The van der Waals surface area contributed by atoms with E-state index in [0.29, 0.717) is 17.2 Å². The van der Waals surface area contributed by atoms with E-state index in [1.807, 2.05) is 43.4 Å². The third-order valence-corrected chi connectivity index (χ3v) is 5.25. The van der Waals surface area contributed by atoms with E-state index in [1.54, 1.807) is 6.08 Å². The van der Waals surface area contributed by atoms with Crippen LogP contribution in [-0.2, 0) is 22.6 Å². The molecule has 5 heteroatoms. The molecule has 4 rings (SSSR count). The van der Waals surface area contributed by atoms with Crippen molar-refractivity contribution in [2.45, 2.75) is 26.8 Å². The lowest BCUT2D eigenvalue weighted by molar-refractivity contribution is -0.123. The van der Waals surface area contributed by atoms with Crippen molar-refractivity contribution < 1.29 is 9.59 Å². The van der Waals surface area contributed by atoms with Crippen LogP contribution in [-0.4, -0.2) is 16.4 Å². The van der Waals surface area contributed by atoms with Crippen molar-refractivity contribution >= 4 is 28.3 Å². The summed E-state index contributed by atoms with van der Waals surface area (Å²) < 4.78 is 2.28. The maximum Gasteiger partial charge on any atom is 0.275 e. The Balaban J connectivity index is 1.95. The van der Waals surface area contributed by atoms with Gasteiger partial charge in [-0.3, -0.25) is 14.9 Å². The Labute approximate surface area is 164 Å². The lowest BCUT2D eigenvalue weighted by Crippen LogP contribution is -2.26. The molecule has 142 valence electrons. The van der Waals surface area contributed by atoms with E-state index in [0.717, 1.165) is 35.1 Å². The van der Waals surface area contributed by atoms with Crippen molar-refractivity contribution in [3.8, 4) is 0 Å². The average Bonchev–Trinajstić information content (AvgIpc) is 3.28. The maximum absolute atomic E-state index is 12.8. The molecule has 2 aromatic rings. The minimum absolute atomic E-state index is 0.277. The van der Waals surface area contributed by atoms with Crippen LogP contribution in [0.2, 0.25) is 0 Å². The van der Waals surface area contributed by atoms with Gasteiger partial charge in [0.15, 0.2) is 0 Å². The van der Waals surface area contributed by atoms with E-state index in [4.69, 9.17) is 0 Å². The highest BCUT2D eigenvalue weighted by Crippen LogP contribution is 2.39. The molecule has 0 fully saturated rings. The molecule has 1 aromatic heterocycles. The molecule has 0 aliphatic carbocycles. The molecule has 2 aliphatic heterocycles. The van der Waals surface area contributed by atoms with Crippen molar-refractivity contribution in [1.29, 1.82) is 0 Å². The largest absolute Gasteiger partial charge is 0.350 e. The molecule has 0 saturated carbocycles. The monoisotopic (exact) mass is 373 g/mol. The van der Waals surface area contributed by atoms with Gasteiger partial charge in [0.2, 0.25) is 0 Å². The van der Waals surface area contributed by atoms with Gasteiger partial charge in [-0.05, 0) is 37.5 Å². The fourth-order valence-electron chi connectivity index (χ4n) is 4.08. The highest BCUT2D eigenvalue weighted by atomic mass is 16.2. The van der Waals surface area contributed by atoms with E-state index in [2.05, 4.69) is 34.8 Å². The second-order valence-electron chi connectivity index (χ2n) is 7.27. The van der Waals surface area contributed by atoms with Crippen LogP contribution in [0.5, 0.6) is 0 Å². The lowest BCUT2D eigenvalue weighted by atomic mass is 9.97. The first-order chi connectivity index (χ1) is 13.5. The number of nitrogens with one attached hydrogen (secondary N) is 2. The zero-order valence-electron chi connectivity index (χ0n) is 16.1. The Morgan fingerprint density at radius 1 is 1.29 bits per heavy atom. The van der Waals surface area contributed by atoms with Gasteiger partial charge >= 0.3 is 0 Å². The molecule has 1 aromatic carbocycles.